The quantitative estimate of drug-likeness (QED) is 0.848. The van der Waals surface area contributed by atoms with Crippen molar-refractivity contribution in [2.75, 3.05) is 7.11 Å². The molecule has 0 spiro atoms. The maximum absolute atomic E-state index is 9.83. The van der Waals surface area contributed by atoms with Crippen LogP contribution in [0.4, 0.5) is 0 Å². The second-order valence-corrected chi connectivity index (χ2v) is 4.78. The van der Waals surface area contributed by atoms with Crippen molar-refractivity contribution in [3.63, 3.8) is 0 Å². The number of hydrogen-bond acceptors (Lipinski definition) is 2. The Morgan fingerprint density at radius 3 is 2.81 bits per heavy atom. The molecule has 1 aromatic carbocycles. The van der Waals surface area contributed by atoms with Gasteiger partial charge in [0.15, 0.2) is 0 Å². The molecule has 0 heterocycles. The van der Waals surface area contributed by atoms with E-state index in [1.54, 1.807) is 7.11 Å². The van der Waals surface area contributed by atoms with Gasteiger partial charge in [0.05, 0.1) is 13.2 Å². The van der Waals surface area contributed by atoms with E-state index in [1.807, 2.05) is 0 Å². The van der Waals surface area contributed by atoms with Crippen LogP contribution >= 0.6 is 0 Å². The van der Waals surface area contributed by atoms with Gasteiger partial charge in [0.1, 0.15) is 5.75 Å². The monoisotopic (exact) mass is 220 g/mol. The van der Waals surface area contributed by atoms with Crippen LogP contribution in [0.1, 0.15) is 30.4 Å². The molecular weight excluding hydrogens is 200 g/mol. The van der Waals surface area contributed by atoms with E-state index in [-0.39, 0.29) is 6.10 Å². The average Bonchev–Trinajstić information content (AvgIpc) is 2.67. The van der Waals surface area contributed by atoms with Crippen molar-refractivity contribution < 1.29 is 9.84 Å². The molecule has 2 nitrogen and oxygen atoms in total. The summed E-state index contributed by atoms with van der Waals surface area (Å²) < 4.78 is 5.39. The maximum atomic E-state index is 9.83. The van der Waals surface area contributed by atoms with Crippen LogP contribution in [0.2, 0.25) is 0 Å². The summed E-state index contributed by atoms with van der Waals surface area (Å²) in [6, 6.07) is 6.30. The molecule has 1 aliphatic rings. The van der Waals surface area contributed by atoms with Gasteiger partial charge in [-0.25, -0.2) is 0 Å². The van der Waals surface area contributed by atoms with Gasteiger partial charge in [-0.1, -0.05) is 18.6 Å². The first-order valence-electron chi connectivity index (χ1n) is 6.02. The number of benzene rings is 1. The summed E-state index contributed by atoms with van der Waals surface area (Å²) in [5, 5.41) is 9.83. The normalized spacial score (nSPS) is 24.7. The molecule has 2 unspecified atom stereocenters. The minimum absolute atomic E-state index is 0.119. The molecule has 0 bridgehead atoms. The zero-order valence-electron chi connectivity index (χ0n) is 10.1. The molecule has 1 aromatic rings. The second kappa shape index (κ2) is 4.88. The lowest BCUT2D eigenvalue weighted by molar-refractivity contribution is 0.132. The van der Waals surface area contributed by atoms with Crippen LogP contribution in [-0.2, 0) is 6.42 Å². The summed E-state index contributed by atoms with van der Waals surface area (Å²) in [5.74, 6) is 1.37. The molecule has 88 valence electrons. The Kier molecular flexibility index (Phi) is 3.49. The minimum atomic E-state index is -0.119. The number of methoxy groups -OCH3 is 1. The van der Waals surface area contributed by atoms with E-state index in [9.17, 15) is 5.11 Å². The zero-order chi connectivity index (χ0) is 11.5. The molecule has 1 saturated carbocycles. The van der Waals surface area contributed by atoms with E-state index >= 15 is 0 Å². The smallest absolute Gasteiger partial charge is 0.122 e. The Bertz CT molecular complexity index is 360. The molecule has 1 fully saturated rings. The predicted octanol–water partition coefficient (Wildman–Crippen LogP) is 2.71. The summed E-state index contributed by atoms with van der Waals surface area (Å²) in [4.78, 5) is 0. The molecule has 16 heavy (non-hydrogen) atoms. The second-order valence-electron chi connectivity index (χ2n) is 4.78. The molecule has 2 atom stereocenters. The zero-order valence-corrected chi connectivity index (χ0v) is 10.1. The highest BCUT2D eigenvalue weighted by atomic mass is 16.5. The Morgan fingerprint density at radius 2 is 2.19 bits per heavy atom. The van der Waals surface area contributed by atoms with Gasteiger partial charge in [0.2, 0.25) is 0 Å². The largest absolute Gasteiger partial charge is 0.496 e. The van der Waals surface area contributed by atoms with Crippen LogP contribution in [-0.4, -0.2) is 18.3 Å². The molecular formula is C14H20O2. The fraction of sp³-hybridized carbons (Fsp3) is 0.571. The third kappa shape index (κ3) is 2.38. The first kappa shape index (κ1) is 11.5. The third-order valence-electron chi connectivity index (χ3n) is 3.54. The van der Waals surface area contributed by atoms with Crippen molar-refractivity contribution in [1.29, 1.82) is 0 Å². The molecule has 0 aromatic heterocycles. The van der Waals surface area contributed by atoms with Crippen LogP contribution in [0.15, 0.2) is 18.2 Å². The van der Waals surface area contributed by atoms with E-state index in [0.717, 1.165) is 31.4 Å². The fourth-order valence-electron chi connectivity index (χ4n) is 2.56. The van der Waals surface area contributed by atoms with E-state index in [2.05, 4.69) is 25.1 Å². The molecule has 0 aliphatic heterocycles. The molecule has 1 N–H and O–H groups in total. The molecule has 0 amide bonds. The van der Waals surface area contributed by atoms with E-state index < -0.39 is 0 Å². The van der Waals surface area contributed by atoms with Gasteiger partial charge in [-0.2, -0.15) is 0 Å². The van der Waals surface area contributed by atoms with E-state index in [1.165, 1.54) is 11.1 Å². The lowest BCUT2D eigenvalue weighted by Crippen LogP contribution is -2.15. The maximum Gasteiger partial charge on any atom is 0.122 e. The summed E-state index contributed by atoms with van der Waals surface area (Å²) in [6.45, 7) is 2.07. The lowest BCUT2D eigenvalue weighted by Gasteiger charge is -2.16. The Hall–Kier alpha value is -1.02. The number of ether oxygens (including phenoxy) is 1. The predicted molar refractivity (Wildman–Crippen MR) is 64.8 cm³/mol. The van der Waals surface area contributed by atoms with Crippen LogP contribution in [0, 0.1) is 12.8 Å². The van der Waals surface area contributed by atoms with Crippen LogP contribution in [0.25, 0.3) is 0 Å². The average molecular weight is 220 g/mol. The van der Waals surface area contributed by atoms with Crippen molar-refractivity contribution >= 4 is 0 Å². The summed E-state index contributed by atoms with van der Waals surface area (Å²) in [7, 11) is 1.71. The van der Waals surface area contributed by atoms with Crippen LogP contribution in [0.5, 0.6) is 5.75 Å². The van der Waals surface area contributed by atoms with Gasteiger partial charge in [0.25, 0.3) is 0 Å². The molecule has 1 aliphatic carbocycles. The highest BCUT2D eigenvalue weighted by Crippen LogP contribution is 2.31. The number of aliphatic hydroxyl groups excluding tert-OH is 1. The Balaban J connectivity index is 2.14. The number of rotatable bonds is 3. The van der Waals surface area contributed by atoms with Gasteiger partial charge < -0.3 is 9.84 Å². The first-order valence-corrected chi connectivity index (χ1v) is 6.02. The topological polar surface area (TPSA) is 29.5 Å². The number of aliphatic hydroxyl groups is 1. The summed E-state index contributed by atoms with van der Waals surface area (Å²) in [6.07, 6.45) is 4.06. The van der Waals surface area contributed by atoms with Crippen LogP contribution < -0.4 is 4.74 Å². The first-order chi connectivity index (χ1) is 7.70. The number of aryl methyl sites for hydroxylation is 1. The van der Waals surface area contributed by atoms with Crippen molar-refractivity contribution in [3.8, 4) is 5.75 Å². The van der Waals surface area contributed by atoms with E-state index in [4.69, 9.17) is 4.74 Å². The summed E-state index contributed by atoms with van der Waals surface area (Å²) >= 11 is 0. The van der Waals surface area contributed by atoms with Crippen molar-refractivity contribution in [1.82, 2.24) is 0 Å². The molecule has 2 heteroatoms. The summed E-state index contributed by atoms with van der Waals surface area (Å²) in [5.41, 5.74) is 2.44. The van der Waals surface area contributed by atoms with Gasteiger partial charge in [-0.05, 0) is 49.3 Å². The molecule has 0 saturated heterocycles. The lowest BCUT2D eigenvalue weighted by atomic mass is 9.95. The standard InChI is InChI=1S/C14H20O2/c1-10-6-7-12(14(8-10)16-2)9-11-4-3-5-13(11)15/h6-8,11,13,15H,3-5,9H2,1-2H3. The van der Waals surface area contributed by atoms with Crippen molar-refractivity contribution in [2.24, 2.45) is 5.92 Å². The van der Waals surface area contributed by atoms with Gasteiger partial charge >= 0.3 is 0 Å². The van der Waals surface area contributed by atoms with Crippen molar-refractivity contribution in [3.05, 3.63) is 29.3 Å². The molecule has 2 rings (SSSR count). The number of hydrogen-bond donors (Lipinski definition) is 1. The molecule has 0 radical (unpaired) electrons. The SMILES string of the molecule is COc1cc(C)ccc1CC1CCCC1O. The van der Waals surface area contributed by atoms with Gasteiger partial charge in [-0.3, -0.25) is 0 Å². The Labute approximate surface area is 97.3 Å². The van der Waals surface area contributed by atoms with Gasteiger partial charge in [0, 0.05) is 0 Å². The van der Waals surface area contributed by atoms with Gasteiger partial charge in [-0.15, -0.1) is 0 Å². The third-order valence-corrected chi connectivity index (χ3v) is 3.54. The minimum Gasteiger partial charge on any atom is -0.496 e. The van der Waals surface area contributed by atoms with Crippen molar-refractivity contribution in [2.45, 2.75) is 38.7 Å². The highest BCUT2D eigenvalue weighted by Gasteiger charge is 2.26. The van der Waals surface area contributed by atoms with E-state index in [0.29, 0.717) is 5.92 Å². The fourth-order valence-corrected chi connectivity index (χ4v) is 2.56. The Morgan fingerprint density at radius 1 is 1.38 bits per heavy atom. The van der Waals surface area contributed by atoms with Crippen LogP contribution in [0.3, 0.4) is 0 Å². The highest BCUT2D eigenvalue weighted by molar-refractivity contribution is 5.37.